The lowest BCUT2D eigenvalue weighted by Crippen LogP contribution is -2.58. The van der Waals surface area contributed by atoms with Gasteiger partial charge in [0.05, 0.1) is 28.6 Å². The lowest BCUT2D eigenvalue weighted by molar-refractivity contribution is -0.163. The van der Waals surface area contributed by atoms with Crippen molar-refractivity contribution in [2.45, 2.75) is 117 Å². The Hall–Kier alpha value is -9.62. The zero-order chi connectivity index (χ0) is 79.4. The van der Waals surface area contributed by atoms with E-state index < -0.39 is 131 Å². The lowest BCUT2D eigenvalue weighted by Gasteiger charge is -2.44. The minimum absolute atomic E-state index is 0.00824. The van der Waals surface area contributed by atoms with Crippen molar-refractivity contribution in [1.82, 2.24) is 24.3 Å². The minimum atomic E-state index is -4.29. The molecule has 31 heteroatoms. The number of alkyl halides is 6. The van der Waals surface area contributed by atoms with Crippen LogP contribution in [0, 0.1) is 78.3 Å². The van der Waals surface area contributed by atoms with Crippen LogP contribution in [0.15, 0.2) is 121 Å². The third-order valence-electron chi connectivity index (χ3n) is 19.6. The molecule has 576 valence electrons. The van der Waals surface area contributed by atoms with Crippen LogP contribution in [-0.2, 0) is 47.0 Å². The molecule has 10 rings (SSSR count). The second-order valence-corrected chi connectivity index (χ2v) is 30.5. The molecule has 0 radical (unpaired) electrons. The monoisotopic (exact) mass is 1530 g/mol. The van der Waals surface area contributed by atoms with Gasteiger partial charge in [0.1, 0.15) is 40.7 Å². The Bertz CT molecular complexity index is 4550. The highest BCUT2D eigenvalue weighted by molar-refractivity contribution is 7.88. The number of likely N-dealkylation sites (tertiary alicyclic amines) is 4. The second-order valence-electron chi connectivity index (χ2n) is 28.7. The molecule has 6 aromatic carbocycles. The normalized spacial score (nSPS) is 18.4. The van der Waals surface area contributed by atoms with E-state index in [0.29, 0.717) is 49.7 Å². The van der Waals surface area contributed by atoms with Crippen LogP contribution in [0.5, 0.6) is 0 Å². The van der Waals surface area contributed by atoms with Crippen molar-refractivity contribution in [3.8, 4) is 0 Å². The predicted octanol–water partition coefficient (Wildman–Crippen LogP) is 13.3. The molecule has 6 amide bonds. The molecular formula is C76H83F12N9O9S. The van der Waals surface area contributed by atoms with Gasteiger partial charge in [-0.1, -0.05) is 41.2 Å². The summed E-state index contributed by atoms with van der Waals surface area (Å²) in [5.74, 6) is -23.3. The van der Waals surface area contributed by atoms with Crippen molar-refractivity contribution in [2.24, 2.45) is 28.4 Å². The van der Waals surface area contributed by atoms with E-state index in [4.69, 9.17) is 5.73 Å². The van der Waals surface area contributed by atoms with E-state index in [1.54, 1.807) is 39.5 Å². The molecule has 0 spiro atoms. The van der Waals surface area contributed by atoms with Gasteiger partial charge in [0.25, 0.3) is 29.5 Å². The summed E-state index contributed by atoms with van der Waals surface area (Å²) in [7, 11) is -3.56. The first kappa shape index (κ1) is 83.0. The number of halogens is 12. The van der Waals surface area contributed by atoms with E-state index in [-0.39, 0.29) is 133 Å². The molecule has 4 atom stereocenters. The van der Waals surface area contributed by atoms with Crippen LogP contribution in [0.25, 0.3) is 0 Å². The number of anilines is 3. The van der Waals surface area contributed by atoms with E-state index in [2.05, 4.69) is 27.3 Å². The van der Waals surface area contributed by atoms with Crippen molar-refractivity contribution in [3.05, 3.63) is 206 Å². The zero-order valence-electron chi connectivity index (χ0n) is 60.1. The summed E-state index contributed by atoms with van der Waals surface area (Å²) in [5.41, 5.74) is 1.35. The van der Waals surface area contributed by atoms with Gasteiger partial charge in [-0.05, 0) is 170 Å². The Labute approximate surface area is 611 Å². The molecule has 0 aromatic heterocycles. The van der Waals surface area contributed by atoms with Gasteiger partial charge in [-0.25, -0.2) is 39.5 Å². The average molecular weight is 1530 g/mol. The van der Waals surface area contributed by atoms with Crippen LogP contribution in [0.1, 0.15) is 131 Å². The number of nitrogens with zero attached hydrogens (tertiary/aromatic N) is 4. The molecule has 4 heterocycles. The maximum Gasteiger partial charge on any atom is 0.352 e. The first-order valence-corrected chi connectivity index (χ1v) is 35.9. The summed E-state index contributed by atoms with van der Waals surface area (Å²) in [6.45, 7) is 17.6. The number of piperidine rings is 2. The van der Waals surface area contributed by atoms with Crippen LogP contribution in [0.3, 0.4) is 0 Å². The standard InChI is InChI=1S/C29H31F4N3O3.C24H27F4N3O4S.C23H25F4N3O2/c1-4-23(37)7-10-27(38)36-15-20-13-35(14-21(20)16-36)18(3)29(32,33)24-12-19(5-8-26(24)31)28(39)34-22-6-9-25(30)17(2)11-22;1-14-11-16(6-8-18(14)25)29-21(32)15-5-7-19(26)17(12-15)24(27,28)22(33)31-10-9-20(23(2,3)13-31)30-36(4,34)35;1-13-10-15(5-7-17(13)24)29-20(31)14-4-6-18(25)16(11-14)23(26,27)21(32)30-9-8-19(28)22(2,3)12-30/h5-6,8-9,11-12,20-21H,3-4,7,10,13-16H2,1-2H3,(H,34,39);5-8,11-12,20,30H,9-10,13H2,1-4H3,(H,29,32);4-7,10-11,19H,8-9,12,28H2,1-3H3,(H,29,31). The molecular weight excluding hydrogens is 1440 g/mol. The SMILES string of the molecule is C=C(N1CC2CN(C(=O)CCC(=O)CC)CC2C1)C(F)(F)c1cc(C(=O)Nc2ccc(F)c(C)c2)ccc1F.Cc1cc(NC(=O)c2ccc(F)c(C(F)(F)C(=O)N3CCC(N)C(C)(C)C3)c2)ccc1F.Cc1cc(NC(=O)c2ccc(F)c(C(F)(F)C(=O)N3CCC(NS(C)(=O)=O)C(C)(C)C3)c2)ccc1F. The van der Waals surface area contributed by atoms with Gasteiger partial charge in [0.2, 0.25) is 15.9 Å². The maximum absolute atomic E-state index is 15.6. The minimum Gasteiger partial charge on any atom is -0.369 e. The fraction of sp³-hybridized carbons (Fsp3) is 0.408. The number of nitrogens with one attached hydrogen (secondary N) is 4. The number of hydrogen-bond acceptors (Lipinski definition) is 11. The molecule has 4 aliphatic rings. The number of Topliss-reactive ketones (excluding diaryl/α,β-unsaturated/α-hetero) is 1. The number of sulfonamides is 1. The van der Waals surface area contributed by atoms with E-state index in [1.165, 1.54) is 68.1 Å². The summed E-state index contributed by atoms with van der Waals surface area (Å²) < 4.78 is 201. The van der Waals surface area contributed by atoms with Gasteiger partial charge < -0.3 is 41.3 Å². The van der Waals surface area contributed by atoms with Gasteiger partial charge in [0, 0.05) is 129 Å². The molecule has 0 aliphatic carbocycles. The van der Waals surface area contributed by atoms with Gasteiger partial charge >= 0.3 is 17.8 Å². The molecule has 0 saturated carbocycles. The molecule has 4 aliphatic heterocycles. The maximum atomic E-state index is 15.6. The van der Waals surface area contributed by atoms with Crippen LogP contribution in [0.4, 0.5) is 69.7 Å². The molecule has 6 N–H and O–H groups in total. The summed E-state index contributed by atoms with van der Waals surface area (Å²) in [4.78, 5) is 92.2. The van der Waals surface area contributed by atoms with Crippen molar-refractivity contribution < 1.29 is 94.7 Å². The first-order chi connectivity index (χ1) is 49.7. The number of amides is 6. The Kier molecular flexibility index (Phi) is 25.5. The first-order valence-electron chi connectivity index (χ1n) is 34.1. The fourth-order valence-electron chi connectivity index (χ4n) is 13.0. The van der Waals surface area contributed by atoms with Crippen LogP contribution in [0.2, 0.25) is 0 Å². The number of hydrogen-bond donors (Lipinski definition) is 5. The summed E-state index contributed by atoms with van der Waals surface area (Å²) >= 11 is 0. The number of aryl methyl sites for hydroxylation is 3. The molecule has 18 nitrogen and oxygen atoms in total. The third-order valence-corrected chi connectivity index (χ3v) is 20.3. The summed E-state index contributed by atoms with van der Waals surface area (Å²) in [6.07, 6.45) is 2.14. The highest BCUT2D eigenvalue weighted by Crippen LogP contribution is 2.44. The third kappa shape index (κ3) is 19.8. The Morgan fingerprint density at radius 2 is 0.841 bits per heavy atom. The lowest BCUT2D eigenvalue weighted by atomic mass is 9.79. The summed E-state index contributed by atoms with van der Waals surface area (Å²) in [5, 5.41) is 7.39. The van der Waals surface area contributed by atoms with E-state index in [1.807, 2.05) is 0 Å². The average Bonchev–Trinajstić information content (AvgIpc) is 1.74. The number of ketones is 1. The highest BCUT2D eigenvalue weighted by atomic mass is 32.2. The van der Waals surface area contributed by atoms with Crippen molar-refractivity contribution in [1.29, 1.82) is 0 Å². The fourth-order valence-corrected chi connectivity index (χ4v) is 14.0. The van der Waals surface area contributed by atoms with Gasteiger partial charge in [-0.2, -0.15) is 26.3 Å². The molecule has 4 unspecified atom stereocenters. The zero-order valence-corrected chi connectivity index (χ0v) is 60.9. The van der Waals surface area contributed by atoms with Crippen molar-refractivity contribution in [3.63, 3.8) is 0 Å². The number of allylic oxidation sites excluding steroid dienone is 1. The van der Waals surface area contributed by atoms with Crippen LogP contribution in [-0.4, -0.2) is 140 Å². The van der Waals surface area contributed by atoms with Gasteiger partial charge in [-0.3, -0.25) is 33.6 Å². The molecule has 107 heavy (non-hydrogen) atoms. The highest BCUT2D eigenvalue weighted by Gasteiger charge is 2.52. The molecule has 4 fully saturated rings. The topological polar surface area (TPSA) is 241 Å². The van der Waals surface area contributed by atoms with E-state index in [9.17, 15) is 68.3 Å². The molecule has 6 aromatic rings. The number of rotatable bonds is 19. The van der Waals surface area contributed by atoms with Gasteiger partial charge in [-0.15, -0.1) is 0 Å². The van der Waals surface area contributed by atoms with E-state index in [0.717, 1.165) is 64.6 Å². The number of benzene rings is 6. The molecule has 4 saturated heterocycles. The Balaban J connectivity index is 0.000000203. The number of fused-ring (bicyclic) bond motifs is 1. The summed E-state index contributed by atoms with van der Waals surface area (Å²) in [6, 6.07) is 18.1. The number of carbonyl (C=O) groups excluding carboxylic acids is 7. The van der Waals surface area contributed by atoms with E-state index >= 15 is 26.3 Å². The quantitative estimate of drug-likeness (QED) is 0.0478. The van der Waals surface area contributed by atoms with Crippen LogP contribution >= 0.6 is 0 Å². The predicted molar refractivity (Wildman–Crippen MR) is 377 cm³/mol. The number of carbonyl (C=O) groups is 7. The smallest absolute Gasteiger partial charge is 0.352 e. The van der Waals surface area contributed by atoms with Crippen molar-refractivity contribution >= 4 is 68.3 Å². The second kappa shape index (κ2) is 32.8. The van der Waals surface area contributed by atoms with Gasteiger partial charge in [0.15, 0.2) is 0 Å². The number of nitrogens with two attached hydrogens (primary N) is 1. The Morgan fingerprint density at radius 1 is 0.495 bits per heavy atom. The van der Waals surface area contributed by atoms with Crippen molar-refractivity contribution in [2.75, 3.05) is 74.6 Å². The van der Waals surface area contributed by atoms with Crippen LogP contribution < -0.4 is 26.4 Å². The molecule has 0 bridgehead atoms. The Morgan fingerprint density at radius 3 is 1.19 bits per heavy atom. The largest absolute Gasteiger partial charge is 0.369 e.